The Morgan fingerprint density at radius 3 is 2.61 bits per heavy atom. The summed E-state index contributed by atoms with van der Waals surface area (Å²) in [4.78, 5) is 24.3. The van der Waals surface area contributed by atoms with E-state index >= 15 is 0 Å². The molecule has 1 atom stereocenters. The zero-order valence-electron chi connectivity index (χ0n) is 20.0. The fraction of sp³-hybridized carbons (Fsp3) is 0.259. The summed E-state index contributed by atoms with van der Waals surface area (Å²) in [6.07, 6.45) is 2.59. The summed E-state index contributed by atoms with van der Waals surface area (Å²) in [6.45, 7) is 4.06. The standard InChI is InChI=1S/C27H28N2O7/c1-27(2,14-6-5-9-24(31)29-33)25(20-11-12-21(30)19-8-4-3-7-18(19)20)36-26(32)28-17-10-13-22-23(15-17)35-16-34-22/h3-5,7-13,15,25,30,33H,6,14,16H2,1-2H3,(H,28,32)(H,29,31)/b9-5+/t25-/m1/s1. The number of phenols is 1. The van der Waals surface area contributed by atoms with Gasteiger partial charge in [-0.25, -0.2) is 10.3 Å². The lowest BCUT2D eigenvalue weighted by Gasteiger charge is -2.35. The van der Waals surface area contributed by atoms with Crippen molar-refractivity contribution >= 4 is 28.5 Å². The lowest BCUT2D eigenvalue weighted by molar-refractivity contribution is -0.124. The number of allylic oxidation sites excluding steroid dienone is 1. The Bertz CT molecular complexity index is 1300. The smallest absolute Gasteiger partial charge is 0.412 e. The van der Waals surface area contributed by atoms with Crippen LogP contribution in [0.4, 0.5) is 10.5 Å². The lowest BCUT2D eigenvalue weighted by atomic mass is 9.77. The molecule has 0 aliphatic carbocycles. The van der Waals surface area contributed by atoms with Gasteiger partial charge in [0.25, 0.3) is 5.91 Å². The van der Waals surface area contributed by atoms with Gasteiger partial charge >= 0.3 is 6.09 Å². The SMILES string of the molecule is CC(C)(CC/C=C/C(=O)NO)[C@H](OC(=O)Nc1ccc2c(c1)OCO2)c1ccc(O)c2ccccc12. The fourth-order valence-electron chi connectivity index (χ4n) is 4.22. The van der Waals surface area contributed by atoms with Crippen molar-refractivity contribution in [1.82, 2.24) is 5.48 Å². The number of fused-ring (bicyclic) bond motifs is 2. The number of hydrogen-bond acceptors (Lipinski definition) is 7. The molecule has 188 valence electrons. The van der Waals surface area contributed by atoms with E-state index in [0.717, 1.165) is 10.9 Å². The van der Waals surface area contributed by atoms with Crippen LogP contribution in [0.25, 0.3) is 10.8 Å². The molecule has 0 radical (unpaired) electrons. The third-order valence-electron chi connectivity index (χ3n) is 6.11. The topological polar surface area (TPSA) is 126 Å². The maximum Gasteiger partial charge on any atom is 0.412 e. The molecule has 4 rings (SSSR count). The highest BCUT2D eigenvalue weighted by Gasteiger charge is 2.35. The van der Waals surface area contributed by atoms with Crippen LogP contribution in [-0.2, 0) is 9.53 Å². The molecule has 9 nitrogen and oxygen atoms in total. The quantitative estimate of drug-likeness (QED) is 0.188. The zero-order valence-corrected chi connectivity index (χ0v) is 20.0. The minimum Gasteiger partial charge on any atom is -0.507 e. The molecule has 0 bridgehead atoms. The predicted molar refractivity (Wildman–Crippen MR) is 133 cm³/mol. The number of phenolic OH excluding ortho intramolecular Hbond substituents is 1. The molecular formula is C27H28N2O7. The molecule has 0 spiro atoms. The summed E-state index contributed by atoms with van der Waals surface area (Å²) in [7, 11) is 0. The lowest BCUT2D eigenvalue weighted by Crippen LogP contribution is -2.29. The van der Waals surface area contributed by atoms with Gasteiger partial charge in [0.1, 0.15) is 11.9 Å². The summed E-state index contributed by atoms with van der Waals surface area (Å²) >= 11 is 0. The van der Waals surface area contributed by atoms with Gasteiger partial charge in [-0.3, -0.25) is 15.3 Å². The van der Waals surface area contributed by atoms with E-state index in [-0.39, 0.29) is 12.5 Å². The Balaban J connectivity index is 1.61. The molecule has 4 N–H and O–H groups in total. The second-order valence-electron chi connectivity index (χ2n) is 9.10. The van der Waals surface area contributed by atoms with Gasteiger partial charge < -0.3 is 19.3 Å². The molecule has 0 saturated carbocycles. The molecule has 36 heavy (non-hydrogen) atoms. The number of amides is 2. The largest absolute Gasteiger partial charge is 0.507 e. The van der Waals surface area contributed by atoms with E-state index in [4.69, 9.17) is 19.4 Å². The molecule has 0 saturated heterocycles. The van der Waals surface area contributed by atoms with E-state index in [0.29, 0.717) is 35.4 Å². The first-order valence-electron chi connectivity index (χ1n) is 11.5. The van der Waals surface area contributed by atoms with Gasteiger partial charge in [0.05, 0.1) is 0 Å². The van der Waals surface area contributed by atoms with Crippen molar-refractivity contribution in [3.05, 3.63) is 72.3 Å². The molecule has 3 aromatic rings. The van der Waals surface area contributed by atoms with Crippen LogP contribution in [-0.4, -0.2) is 29.1 Å². The first-order chi connectivity index (χ1) is 17.3. The number of carbonyl (C=O) groups excluding carboxylic acids is 2. The van der Waals surface area contributed by atoms with Crippen LogP contribution in [0.5, 0.6) is 17.2 Å². The van der Waals surface area contributed by atoms with E-state index in [9.17, 15) is 14.7 Å². The average Bonchev–Trinajstić information content (AvgIpc) is 3.34. The van der Waals surface area contributed by atoms with E-state index in [1.165, 1.54) is 6.08 Å². The van der Waals surface area contributed by atoms with Gasteiger partial charge in [-0.15, -0.1) is 0 Å². The number of carbonyl (C=O) groups is 2. The van der Waals surface area contributed by atoms with Crippen molar-refractivity contribution in [2.45, 2.75) is 32.8 Å². The maximum atomic E-state index is 13.1. The fourth-order valence-corrected chi connectivity index (χ4v) is 4.22. The van der Waals surface area contributed by atoms with Crippen LogP contribution in [0.1, 0.15) is 38.4 Å². The Morgan fingerprint density at radius 2 is 1.83 bits per heavy atom. The Morgan fingerprint density at radius 1 is 1.08 bits per heavy atom. The summed E-state index contributed by atoms with van der Waals surface area (Å²) < 4.78 is 16.7. The molecule has 1 heterocycles. The second kappa shape index (κ2) is 10.6. The third kappa shape index (κ3) is 5.52. The number of rotatable bonds is 8. The van der Waals surface area contributed by atoms with Crippen LogP contribution in [0.2, 0.25) is 0 Å². The maximum absolute atomic E-state index is 13.1. The van der Waals surface area contributed by atoms with Crippen molar-refractivity contribution < 1.29 is 34.1 Å². The highest BCUT2D eigenvalue weighted by molar-refractivity contribution is 5.92. The monoisotopic (exact) mass is 492 g/mol. The first-order valence-corrected chi connectivity index (χ1v) is 11.5. The molecule has 0 aromatic heterocycles. The Labute approximate surface area is 208 Å². The Kier molecular flexibility index (Phi) is 7.30. The summed E-state index contributed by atoms with van der Waals surface area (Å²) in [6, 6.07) is 15.8. The van der Waals surface area contributed by atoms with Gasteiger partial charge in [-0.1, -0.05) is 50.3 Å². The van der Waals surface area contributed by atoms with Crippen molar-refractivity contribution in [2.24, 2.45) is 5.41 Å². The summed E-state index contributed by atoms with van der Waals surface area (Å²) in [5, 5.41) is 23.2. The van der Waals surface area contributed by atoms with Crippen molar-refractivity contribution in [1.29, 1.82) is 0 Å². The highest BCUT2D eigenvalue weighted by atomic mass is 16.7. The van der Waals surface area contributed by atoms with Gasteiger partial charge in [0.15, 0.2) is 11.5 Å². The van der Waals surface area contributed by atoms with E-state index in [1.54, 1.807) is 48.0 Å². The van der Waals surface area contributed by atoms with E-state index in [2.05, 4.69) is 5.32 Å². The average molecular weight is 493 g/mol. The number of hydroxylamine groups is 1. The number of ether oxygens (including phenoxy) is 3. The molecule has 3 aromatic carbocycles. The number of benzene rings is 3. The number of hydrogen-bond donors (Lipinski definition) is 4. The number of nitrogens with one attached hydrogen (secondary N) is 2. The molecule has 1 aliphatic rings. The molecule has 0 unspecified atom stereocenters. The zero-order chi connectivity index (χ0) is 25.7. The van der Waals surface area contributed by atoms with Crippen LogP contribution < -0.4 is 20.3 Å². The van der Waals surface area contributed by atoms with Gasteiger partial charge in [0, 0.05) is 34.2 Å². The van der Waals surface area contributed by atoms with Crippen LogP contribution >= 0.6 is 0 Å². The number of aromatic hydroxyl groups is 1. The number of anilines is 1. The van der Waals surface area contributed by atoms with Crippen molar-refractivity contribution in [3.63, 3.8) is 0 Å². The molecule has 9 heteroatoms. The summed E-state index contributed by atoms with van der Waals surface area (Å²) in [5.74, 6) is 0.654. The van der Waals surface area contributed by atoms with Gasteiger partial charge in [0.2, 0.25) is 6.79 Å². The Hall–Kier alpha value is -4.24. The predicted octanol–water partition coefficient (Wildman–Crippen LogP) is 5.43. The first kappa shape index (κ1) is 24.9. The van der Waals surface area contributed by atoms with Crippen LogP contribution in [0.15, 0.2) is 66.7 Å². The second-order valence-corrected chi connectivity index (χ2v) is 9.10. The minimum atomic E-state index is -0.697. The molecule has 0 fully saturated rings. The van der Waals surface area contributed by atoms with E-state index in [1.807, 2.05) is 32.0 Å². The van der Waals surface area contributed by atoms with Gasteiger partial charge in [-0.2, -0.15) is 0 Å². The minimum absolute atomic E-state index is 0.127. The van der Waals surface area contributed by atoms with E-state index < -0.39 is 23.5 Å². The molecular weight excluding hydrogens is 464 g/mol. The van der Waals surface area contributed by atoms with Gasteiger partial charge in [-0.05, 0) is 36.4 Å². The molecule has 1 aliphatic heterocycles. The highest BCUT2D eigenvalue weighted by Crippen LogP contribution is 2.44. The normalized spacial score (nSPS) is 13.5. The van der Waals surface area contributed by atoms with Crippen molar-refractivity contribution in [2.75, 3.05) is 12.1 Å². The third-order valence-corrected chi connectivity index (χ3v) is 6.11. The van der Waals surface area contributed by atoms with Crippen molar-refractivity contribution in [3.8, 4) is 17.2 Å². The van der Waals surface area contributed by atoms with Crippen LogP contribution in [0.3, 0.4) is 0 Å². The van der Waals surface area contributed by atoms with Crippen LogP contribution in [0, 0.1) is 5.41 Å². The molecule has 2 amide bonds. The summed E-state index contributed by atoms with van der Waals surface area (Å²) in [5.41, 5.74) is 2.22.